The Hall–Kier alpha value is -0.580. The molecule has 0 radical (unpaired) electrons. The minimum Gasteiger partial charge on any atom is -0.383 e. The van der Waals surface area contributed by atoms with Crippen LogP contribution in [-0.4, -0.2) is 42.7 Å². The van der Waals surface area contributed by atoms with E-state index in [4.69, 9.17) is 4.74 Å². The van der Waals surface area contributed by atoms with Crippen LogP contribution in [0, 0.1) is 0 Å². The smallest absolute Gasteiger partial charge is 0.183 e. The Morgan fingerprint density at radius 2 is 2.62 bits per heavy atom. The average Bonchev–Trinajstić information content (AvgIpc) is 2.54. The number of ether oxygens (including phenoxy) is 1. The van der Waals surface area contributed by atoms with Crippen LogP contribution < -0.4 is 5.32 Å². The lowest BCUT2D eigenvalue weighted by atomic mass is 10.2. The third kappa shape index (κ3) is 2.69. The lowest BCUT2D eigenvalue weighted by Crippen LogP contribution is -2.47. The van der Waals surface area contributed by atoms with Crippen LogP contribution >= 0.6 is 0 Å². The van der Waals surface area contributed by atoms with Crippen molar-refractivity contribution in [3.05, 3.63) is 12.8 Å². The molecule has 2 atom stereocenters. The van der Waals surface area contributed by atoms with Gasteiger partial charge in [0.05, 0.1) is 6.61 Å². The number of likely N-dealkylation sites (tertiary alicyclic amines) is 1. The topological polar surface area (TPSA) is 44.7 Å². The fourth-order valence-electron chi connectivity index (χ4n) is 1.75. The molecule has 76 valence electrons. The van der Waals surface area contributed by atoms with Gasteiger partial charge in [-0.25, -0.2) is 0 Å². The highest BCUT2D eigenvalue weighted by atomic mass is 16.5. The monoisotopic (exact) mass is 186 g/mol. The van der Waals surface area contributed by atoms with E-state index >= 15 is 0 Å². The third-order valence-corrected chi connectivity index (χ3v) is 2.36. The van der Waals surface area contributed by atoms with Crippen LogP contribution in [0.1, 0.15) is 12.8 Å². The van der Waals surface area contributed by atoms with Gasteiger partial charge in [0.1, 0.15) is 0 Å². The second-order valence-corrected chi connectivity index (χ2v) is 3.23. The van der Waals surface area contributed by atoms with E-state index in [2.05, 4.69) is 11.9 Å². The second kappa shape index (κ2) is 5.21. The standard InChI is InChI=1S/C9H18N2O2/c1-3-10-9(12)11-6-4-5-8(11)7-13-2/h3,8-10,12H,1,4-7H2,2H3. The summed E-state index contributed by atoms with van der Waals surface area (Å²) in [5.74, 6) is 0. The Morgan fingerprint density at radius 3 is 3.23 bits per heavy atom. The van der Waals surface area contributed by atoms with Crippen molar-refractivity contribution in [2.24, 2.45) is 0 Å². The maximum atomic E-state index is 9.63. The maximum absolute atomic E-state index is 9.63. The number of aliphatic hydroxyl groups is 1. The Labute approximate surface area is 79.2 Å². The van der Waals surface area contributed by atoms with E-state index in [1.165, 1.54) is 6.20 Å². The van der Waals surface area contributed by atoms with E-state index in [9.17, 15) is 5.11 Å². The molecular formula is C9H18N2O2. The van der Waals surface area contributed by atoms with Gasteiger partial charge in [0.2, 0.25) is 0 Å². The Bertz CT molecular complexity index is 164. The highest BCUT2D eigenvalue weighted by Gasteiger charge is 2.28. The minimum atomic E-state index is -0.625. The lowest BCUT2D eigenvalue weighted by molar-refractivity contribution is -0.0365. The molecule has 1 rings (SSSR count). The molecule has 4 nitrogen and oxygen atoms in total. The first-order valence-corrected chi connectivity index (χ1v) is 4.59. The van der Waals surface area contributed by atoms with E-state index in [1.807, 2.05) is 4.90 Å². The number of rotatable bonds is 5. The largest absolute Gasteiger partial charge is 0.383 e. The van der Waals surface area contributed by atoms with E-state index in [1.54, 1.807) is 7.11 Å². The zero-order valence-electron chi connectivity index (χ0n) is 8.07. The quantitative estimate of drug-likeness (QED) is 0.598. The first-order chi connectivity index (χ1) is 6.29. The molecule has 0 aromatic carbocycles. The summed E-state index contributed by atoms with van der Waals surface area (Å²) in [5, 5.41) is 12.4. The van der Waals surface area contributed by atoms with Crippen molar-refractivity contribution < 1.29 is 9.84 Å². The zero-order valence-corrected chi connectivity index (χ0v) is 8.07. The van der Waals surface area contributed by atoms with Crippen molar-refractivity contribution in [3.63, 3.8) is 0 Å². The molecule has 0 aromatic rings. The van der Waals surface area contributed by atoms with Crippen LogP contribution in [0.5, 0.6) is 0 Å². The van der Waals surface area contributed by atoms with E-state index in [0.29, 0.717) is 12.6 Å². The Morgan fingerprint density at radius 1 is 1.85 bits per heavy atom. The highest BCUT2D eigenvalue weighted by molar-refractivity contribution is 4.81. The molecule has 0 aromatic heterocycles. The molecule has 0 saturated carbocycles. The number of aliphatic hydroxyl groups excluding tert-OH is 1. The second-order valence-electron chi connectivity index (χ2n) is 3.23. The molecule has 0 aliphatic carbocycles. The summed E-state index contributed by atoms with van der Waals surface area (Å²) >= 11 is 0. The van der Waals surface area contributed by atoms with Crippen LogP contribution in [0.25, 0.3) is 0 Å². The first kappa shape index (κ1) is 10.5. The molecule has 1 saturated heterocycles. The molecule has 2 N–H and O–H groups in total. The van der Waals surface area contributed by atoms with Gasteiger partial charge in [-0.2, -0.15) is 0 Å². The molecule has 2 unspecified atom stereocenters. The van der Waals surface area contributed by atoms with Gasteiger partial charge in [-0.15, -0.1) is 0 Å². The molecule has 1 fully saturated rings. The van der Waals surface area contributed by atoms with Gasteiger partial charge in [-0.1, -0.05) is 6.58 Å². The molecule has 1 aliphatic rings. The predicted molar refractivity (Wildman–Crippen MR) is 50.9 cm³/mol. The van der Waals surface area contributed by atoms with E-state index in [0.717, 1.165) is 19.4 Å². The zero-order chi connectivity index (χ0) is 9.68. The Balaban J connectivity index is 2.41. The number of methoxy groups -OCH3 is 1. The maximum Gasteiger partial charge on any atom is 0.183 e. The Kier molecular flexibility index (Phi) is 4.21. The van der Waals surface area contributed by atoms with Gasteiger partial charge in [0.15, 0.2) is 6.35 Å². The van der Waals surface area contributed by atoms with Crippen molar-refractivity contribution in [2.75, 3.05) is 20.3 Å². The van der Waals surface area contributed by atoms with E-state index < -0.39 is 6.35 Å². The summed E-state index contributed by atoms with van der Waals surface area (Å²) in [4.78, 5) is 1.99. The van der Waals surface area contributed by atoms with Crippen molar-refractivity contribution in [2.45, 2.75) is 25.2 Å². The summed E-state index contributed by atoms with van der Waals surface area (Å²) in [6.07, 6.45) is 3.08. The molecular weight excluding hydrogens is 168 g/mol. The van der Waals surface area contributed by atoms with Gasteiger partial charge in [-0.05, 0) is 19.0 Å². The van der Waals surface area contributed by atoms with Gasteiger partial charge in [0, 0.05) is 19.7 Å². The molecule has 4 heteroatoms. The summed E-state index contributed by atoms with van der Waals surface area (Å²) in [7, 11) is 1.68. The molecule has 0 bridgehead atoms. The van der Waals surface area contributed by atoms with Crippen LogP contribution in [0.15, 0.2) is 12.8 Å². The molecule has 0 amide bonds. The molecule has 1 aliphatic heterocycles. The van der Waals surface area contributed by atoms with Crippen molar-refractivity contribution in [1.29, 1.82) is 0 Å². The van der Waals surface area contributed by atoms with Gasteiger partial charge in [0.25, 0.3) is 0 Å². The van der Waals surface area contributed by atoms with Gasteiger partial charge >= 0.3 is 0 Å². The summed E-state index contributed by atoms with van der Waals surface area (Å²) in [5.41, 5.74) is 0. The van der Waals surface area contributed by atoms with E-state index in [-0.39, 0.29) is 0 Å². The molecule has 13 heavy (non-hydrogen) atoms. The predicted octanol–water partition coefficient (Wildman–Crippen LogP) is 0.106. The van der Waals surface area contributed by atoms with Gasteiger partial charge < -0.3 is 15.2 Å². The van der Waals surface area contributed by atoms with Gasteiger partial charge in [-0.3, -0.25) is 4.90 Å². The third-order valence-electron chi connectivity index (χ3n) is 2.36. The van der Waals surface area contributed by atoms with Crippen molar-refractivity contribution in [1.82, 2.24) is 10.2 Å². The fourth-order valence-corrected chi connectivity index (χ4v) is 1.75. The van der Waals surface area contributed by atoms with Crippen LogP contribution in [0.4, 0.5) is 0 Å². The number of hydrogen-bond acceptors (Lipinski definition) is 4. The lowest BCUT2D eigenvalue weighted by Gasteiger charge is -2.28. The number of nitrogens with zero attached hydrogens (tertiary/aromatic N) is 1. The summed E-state index contributed by atoms with van der Waals surface area (Å²) < 4.78 is 5.08. The minimum absolute atomic E-state index is 0.326. The molecule has 1 heterocycles. The normalized spacial score (nSPS) is 25.8. The summed E-state index contributed by atoms with van der Waals surface area (Å²) in [6.45, 7) is 5.10. The molecule has 0 spiro atoms. The van der Waals surface area contributed by atoms with Crippen molar-refractivity contribution in [3.8, 4) is 0 Å². The van der Waals surface area contributed by atoms with Crippen LogP contribution in [0.2, 0.25) is 0 Å². The fraction of sp³-hybridized carbons (Fsp3) is 0.778. The number of nitrogens with one attached hydrogen (secondary N) is 1. The van der Waals surface area contributed by atoms with Crippen molar-refractivity contribution >= 4 is 0 Å². The highest BCUT2D eigenvalue weighted by Crippen LogP contribution is 2.18. The van der Waals surface area contributed by atoms with Crippen LogP contribution in [0.3, 0.4) is 0 Å². The van der Waals surface area contributed by atoms with Crippen LogP contribution in [-0.2, 0) is 4.74 Å². The number of hydrogen-bond donors (Lipinski definition) is 2. The summed E-state index contributed by atoms with van der Waals surface area (Å²) in [6, 6.07) is 0.326. The average molecular weight is 186 g/mol. The first-order valence-electron chi connectivity index (χ1n) is 4.59. The SMILES string of the molecule is C=CNC(O)N1CCCC1COC.